The van der Waals surface area contributed by atoms with Crippen LogP contribution in [0, 0.1) is 0 Å². The Bertz CT molecular complexity index is 3820. The molecule has 2 aliphatic rings. The molecule has 0 unspecified atom stereocenters. The highest BCUT2D eigenvalue weighted by molar-refractivity contribution is 6.32. The first kappa shape index (κ1) is 40.7. The fourth-order valence-corrected chi connectivity index (χ4v) is 12.7. The first-order valence-corrected chi connectivity index (χ1v) is 24.8. The molecule has 2 aliphatic carbocycles. The molecule has 0 saturated carbocycles. The molecule has 0 spiro atoms. The predicted octanol–water partition coefficient (Wildman–Crippen LogP) is 19.2. The third-order valence-electron chi connectivity index (χ3n) is 16.2. The summed E-state index contributed by atoms with van der Waals surface area (Å²) in [6.07, 6.45) is 0. The lowest BCUT2D eigenvalue weighted by Gasteiger charge is -2.23. The van der Waals surface area contributed by atoms with E-state index >= 15 is 0 Å². The summed E-state index contributed by atoms with van der Waals surface area (Å²) in [5.41, 5.74) is 25.5. The smallest absolute Gasteiger partial charge is 0.0158 e. The molecule has 0 heteroatoms. The average molecular weight is 891 g/mol. The van der Waals surface area contributed by atoms with Crippen molar-refractivity contribution in [3.63, 3.8) is 0 Å². The number of rotatable bonds is 6. The summed E-state index contributed by atoms with van der Waals surface area (Å²) in [4.78, 5) is 0. The molecule has 0 aliphatic heterocycles. The third-order valence-corrected chi connectivity index (χ3v) is 16.2. The maximum atomic E-state index is 2.49. The van der Waals surface area contributed by atoms with Gasteiger partial charge >= 0.3 is 0 Å². The Morgan fingerprint density at radius 1 is 0.200 bits per heavy atom. The van der Waals surface area contributed by atoms with Gasteiger partial charge in [-0.25, -0.2) is 0 Å². The van der Waals surface area contributed by atoms with Gasteiger partial charge in [0.15, 0.2) is 0 Å². The first-order chi connectivity index (χ1) is 34.2. The van der Waals surface area contributed by atoms with Gasteiger partial charge in [-0.3, -0.25) is 0 Å². The molecule has 0 radical (unpaired) electrons. The van der Waals surface area contributed by atoms with Gasteiger partial charge in [-0.1, -0.05) is 222 Å². The lowest BCUT2D eigenvalue weighted by atomic mass is 9.80. The van der Waals surface area contributed by atoms with Gasteiger partial charge in [0, 0.05) is 10.8 Å². The van der Waals surface area contributed by atoms with E-state index in [4.69, 9.17) is 0 Å². The third kappa shape index (κ3) is 5.96. The zero-order valence-electron chi connectivity index (χ0n) is 39.9. The summed E-state index contributed by atoms with van der Waals surface area (Å²) < 4.78 is 0. The maximum Gasteiger partial charge on any atom is 0.0158 e. The summed E-state index contributed by atoms with van der Waals surface area (Å²) in [5, 5.41) is 7.69. The Kier molecular flexibility index (Phi) is 8.78. The summed E-state index contributed by atoms with van der Waals surface area (Å²) >= 11 is 0. The summed E-state index contributed by atoms with van der Waals surface area (Å²) in [5.74, 6) is 0. The van der Waals surface area contributed by atoms with Crippen LogP contribution in [-0.4, -0.2) is 0 Å². The van der Waals surface area contributed by atoms with Crippen LogP contribution < -0.4 is 0 Å². The number of hydrogen-bond acceptors (Lipinski definition) is 0. The first-order valence-electron chi connectivity index (χ1n) is 24.8. The fraction of sp³-hybridized carbons (Fsp3) is 0.0857. The molecule has 12 aromatic carbocycles. The molecule has 0 amide bonds. The largest absolute Gasteiger partial charge is 0.0622 e. The van der Waals surface area contributed by atoms with E-state index < -0.39 is 0 Å². The second-order valence-electron chi connectivity index (χ2n) is 20.8. The molecule has 0 saturated heterocycles. The van der Waals surface area contributed by atoms with Gasteiger partial charge in [0.05, 0.1) is 0 Å². The molecular formula is C70H50. The lowest BCUT2D eigenvalue weighted by Crippen LogP contribution is -2.14. The minimum absolute atomic E-state index is 0.0733. The molecule has 12 aromatic rings. The fourth-order valence-electron chi connectivity index (χ4n) is 12.7. The van der Waals surface area contributed by atoms with E-state index in [0.717, 1.165) is 0 Å². The van der Waals surface area contributed by atoms with Crippen LogP contribution in [0.5, 0.6) is 0 Å². The van der Waals surface area contributed by atoms with Gasteiger partial charge in [0.1, 0.15) is 0 Å². The van der Waals surface area contributed by atoms with Crippen LogP contribution in [0.2, 0.25) is 0 Å². The van der Waals surface area contributed by atoms with Crippen molar-refractivity contribution in [2.75, 3.05) is 0 Å². The van der Waals surface area contributed by atoms with E-state index in [1.807, 2.05) is 0 Å². The van der Waals surface area contributed by atoms with Crippen molar-refractivity contribution in [1.82, 2.24) is 0 Å². The zero-order valence-corrected chi connectivity index (χ0v) is 39.9. The minimum Gasteiger partial charge on any atom is -0.0622 e. The van der Waals surface area contributed by atoms with Gasteiger partial charge in [-0.15, -0.1) is 0 Å². The van der Waals surface area contributed by atoms with Crippen LogP contribution >= 0.6 is 0 Å². The molecule has 70 heavy (non-hydrogen) atoms. The van der Waals surface area contributed by atoms with Crippen molar-refractivity contribution in [2.24, 2.45) is 0 Å². The van der Waals surface area contributed by atoms with E-state index in [2.05, 4.69) is 258 Å². The van der Waals surface area contributed by atoms with Gasteiger partial charge in [0.25, 0.3) is 0 Å². The predicted molar refractivity (Wildman–Crippen MR) is 298 cm³/mol. The van der Waals surface area contributed by atoms with Crippen molar-refractivity contribution in [3.05, 3.63) is 253 Å². The molecule has 14 rings (SSSR count). The number of benzene rings is 12. The van der Waals surface area contributed by atoms with E-state index in [1.165, 1.54) is 144 Å². The average Bonchev–Trinajstić information content (AvgIpc) is 3.79. The van der Waals surface area contributed by atoms with Crippen LogP contribution in [-0.2, 0) is 10.8 Å². The lowest BCUT2D eigenvalue weighted by molar-refractivity contribution is 0.660. The molecule has 0 fully saturated rings. The van der Waals surface area contributed by atoms with Crippen LogP contribution in [0.4, 0.5) is 0 Å². The monoisotopic (exact) mass is 890 g/mol. The van der Waals surface area contributed by atoms with Crippen molar-refractivity contribution >= 4 is 32.3 Å². The van der Waals surface area contributed by atoms with E-state index in [1.54, 1.807) is 0 Å². The number of fused-ring (bicyclic) bond motifs is 6. The Balaban J connectivity index is 1.09. The molecule has 0 aromatic heterocycles. The van der Waals surface area contributed by atoms with Crippen molar-refractivity contribution in [1.29, 1.82) is 0 Å². The quantitative estimate of drug-likeness (QED) is 0.146. The Morgan fingerprint density at radius 2 is 0.514 bits per heavy atom. The molecule has 0 atom stereocenters. The van der Waals surface area contributed by atoms with E-state index in [9.17, 15) is 0 Å². The van der Waals surface area contributed by atoms with Gasteiger partial charge in [0.2, 0.25) is 0 Å². The van der Waals surface area contributed by atoms with Crippen LogP contribution in [0.3, 0.4) is 0 Å². The number of hydrogen-bond donors (Lipinski definition) is 0. The zero-order chi connectivity index (χ0) is 46.9. The standard InChI is InChI=1S/C70H50/c1-69(2)63-27-13-11-25-51(63)61-39-49(29-35-65(61)69)59-41-57(47-23-15-21-45(37-47)43-17-7-5-8-18-43)53-32-34-56-60(50-30-36-66-62(40-50)52-26-12-14-28-64(52)70(66,3)4)42-58(54-31-33-55(59)67(53)68(54)56)48-24-16-22-46(38-48)44-19-9-6-10-20-44/h5-42H,1-4H3. The molecule has 0 heterocycles. The minimum atomic E-state index is -0.0733. The Labute approximate surface area is 410 Å². The van der Waals surface area contributed by atoms with Crippen molar-refractivity contribution in [2.45, 2.75) is 38.5 Å². The normalized spacial score (nSPS) is 13.9. The summed E-state index contributed by atoms with van der Waals surface area (Å²) in [6, 6.07) is 87.2. The van der Waals surface area contributed by atoms with Crippen LogP contribution in [0.1, 0.15) is 49.9 Å². The molecule has 0 N–H and O–H groups in total. The van der Waals surface area contributed by atoms with Crippen molar-refractivity contribution < 1.29 is 0 Å². The topological polar surface area (TPSA) is 0 Å². The van der Waals surface area contributed by atoms with Gasteiger partial charge in [-0.05, 0) is 180 Å². The maximum absolute atomic E-state index is 2.49. The van der Waals surface area contributed by atoms with Crippen LogP contribution in [0.15, 0.2) is 231 Å². The molecule has 0 bridgehead atoms. The van der Waals surface area contributed by atoms with Crippen molar-refractivity contribution in [3.8, 4) is 89.0 Å². The van der Waals surface area contributed by atoms with Gasteiger partial charge in [-0.2, -0.15) is 0 Å². The molecular weight excluding hydrogens is 841 g/mol. The molecule has 0 nitrogen and oxygen atoms in total. The second kappa shape index (κ2) is 15.1. The summed E-state index contributed by atoms with van der Waals surface area (Å²) in [7, 11) is 0. The molecule has 330 valence electrons. The highest BCUT2D eigenvalue weighted by atomic mass is 14.4. The second-order valence-corrected chi connectivity index (χ2v) is 20.8. The van der Waals surface area contributed by atoms with E-state index in [-0.39, 0.29) is 10.8 Å². The highest BCUT2D eigenvalue weighted by Gasteiger charge is 2.37. The van der Waals surface area contributed by atoms with Crippen LogP contribution in [0.25, 0.3) is 121 Å². The SMILES string of the molecule is CC1(C)c2ccccc2-c2cc(-c3cc(-c4cccc(-c5ccccc5)c4)c4ccc5c(-c6ccc7c(c6)-c6ccccc6C7(C)C)cc(-c6cccc(-c7ccccc7)c6)c6ccc3c4c65)ccc21. The Hall–Kier alpha value is -8.32. The summed E-state index contributed by atoms with van der Waals surface area (Å²) in [6.45, 7) is 9.49. The Morgan fingerprint density at radius 3 is 0.914 bits per heavy atom. The van der Waals surface area contributed by atoms with E-state index in [0.29, 0.717) is 0 Å². The van der Waals surface area contributed by atoms with Gasteiger partial charge < -0.3 is 0 Å². The highest BCUT2D eigenvalue weighted by Crippen LogP contribution is 2.54.